The fourth-order valence-corrected chi connectivity index (χ4v) is 1.76. The van der Waals surface area contributed by atoms with Crippen molar-refractivity contribution in [3.05, 3.63) is 23.9 Å². The number of hydrogen-bond donors (Lipinski definition) is 0. The Morgan fingerprint density at radius 3 is 2.61 bits per heavy atom. The van der Waals surface area contributed by atoms with Crippen LogP contribution >= 0.6 is 0 Å². The summed E-state index contributed by atoms with van der Waals surface area (Å²) in [6, 6.07) is 5.06. The average Bonchev–Trinajstić information content (AvgIpc) is 2.85. The third-order valence-electron chi connectivity index (χ3n) is 2.46. The Kier molecular flexibility index (Phi) is 5.97. The first-order valence-electron chi connectivity index (χ1n) is 6.36. The molecular formula is C14H21N2ORf-. The quantitative estimate of drug-likeness (QED) is 0.518. The second-order valence-corrected chi connectivity index (χ2v) is 3.26. The fourth-order valence-electron chi connectivity index (χ4n) is 1.76. The van der Waals surface area contributed by atoms with Crippen molar-refractivity contribution in [2.75, 3.05) is 6.61 Å². The van der Waals surface area contributed by atoms with Crippen molar-refractivity contribution in [1.82, 2.24) is 9.78 Å². The number of ether oxygens (including phenoxy) is 1. The molecule has 0 N–H and O–H groups in total. The first-order chi connectivity index (χ1) is 8.36. The smallest absolute Gasteiger partial charge is 0.0911 e. The van der Waals surface area contributed by atoms with Crippen LogP contribution in [0.2, 0.25) is 0 Å². The average molecular weight is 500 g/mol. The van der Waals surface area contributed by atoms with Gasteiger partial charge in [-0.05, 0) is 0 Å². The Morgan fingerprint density at radius 2 is 1.94 bits per heavy atom. The topological polar surface area (TPSA) is 27.1 Å². The van der Waals surface area contributed by atoms with E-state index in [4.69, 9.17) is 4.74 Å². The molecule has 2 aromatic rings. The van der Waals surface area contributed by atoms with Crippen LogP contribution in [0.1, 0.15) is 33.3 Å². The molecule has 0 aliphatic carbocycles. The molecule has 1 aliphatic rings. The van der Waals surface area contributed by atoms with Gasteiger partial charge in [0.2, 0.25) is 0 Å². The van der Waals surface area contributed by atoms with Gasteiger partial charge in [0, 0.05) is 17.5 Å². The minimum Gasteiger partial charge on any atom is -0.547 e. The summed E-state index contributed by atoms with van der Waals surface area (Å²) in [7, 11) is 0. The molecule has 0 bridgehead atoms. The second-order valence-electron chi connectivity index (χ2n) is 3.26. The summed E-state index contributed by atoms with van der Waals surface area (Å²) in [4.78, 5) is 0. The Morgan fingerprint density at radius 1 is 1.28 bits per heavy atom. The molecule has 0 radical (unpaired) electrons. The number of rotatable bonds is 0. The van der Waals surface area contributed by atoms with Gasteiger partial charge in [-0.1, -0.05) is 40.0 Å². The minimum atomic E-state index is 0. The first kappa shape index (κ1) is 15.5. The molecule has 0 fully saturated rings. The van der Waals surface area contributed by atoms with E-state index >= 15 is 0 Å². The molecule has 1 aliphatic heterocycles. The second kappa shape index (κ2) is 6.94. The van der Waals surface area contributed by atoms with Crippen LogP contribution in [-0.4, -0.2) is 16.4 Å². The molecule has 1 aromatic heterocycles. The van der Waals surface area contributed by atoms with Gasteiger partial charge in [0.15, 0.2) is 0 Å². The molecular weight excluding hydrogens is 479 g/mol. The van der Waals surface area contributed by atoms with Gasteiger partial charge >= 0.3 is 0 Å². The standard InChI is InChI=1S/C10H9N2O.2C2H6.Rf/c1-7-2-3-9-10-8(7)6-11-12(10)4-5-13-9;2*1-2;/h3,6H,4-5H2,1H3;2*1-2H3;/q-1;;;. The minimum absolute atomic E-state index is 0. The van der Waals surface area contributed by atoms with E-state index in [2.05, 4.69) is 11.2 Å². The molecule has 0 spiro atoms. The molecule has 3 rings (SSSR count). The van der Waals surface area contributed by atoms with Crippen molar-refractivity contribution < 1.29 is 4.74 Å². The monoisotopic (exact) mass is 500 g/mol. The molecule has 18 heavy (non-hydrogen) atoms. The third kappa shape index (κ3) is 2.42. The number of nitrogens with zero attached hydrogens (tertiary/aromatic N) is 2. The Balaban J connectivity index is 0.000000531. The maximum absolute atomic E-state index is 5.52. The zero-order valence-electron chi connectivity index (χ0n) is 12.1. The molecule has 3 nitrogen and oxygen atoms in total. The van der Waals surface area contributed by atoms with Crippen LogP contribution in [0.3, 0.4) is 0 Å². The fraction of sp³-hybridized carbons (Fsp3) is 0.500. The number of aryl methyl sites for hydroxylation is 1. The van der Waals surface area contributed by atoms with Crippen molar-refractivity contribution in [1.29, 1.82) is 0 Å². The van der Waals surface area contributed by atoms with Crippen molar-refractivity contribution in [2.24, 2.45) is 0 Å². The predicted octanol–water partition coefficient (Wildman–Crippen LogP) is 3.59. The van der Waals surface area contributed by atoms with Gasteiger partial charge in [0.05, 0.1) is 13.2 Å². The Bertz CT molecular complexity index is 480. The van der Waals surface area contributed by atoms with Crippen molar-refractivity contribution in [3.63, 3.8) is 0 Å². The largest absolute Gasteiger partial charge is 0.547 e. The summed E-state index contributed by atoms with van der Waals surface area (Å²) >= 11 is 0. The normalized spacial score (nSPS) is 11.2. The van der Waals surface area contributed by atoms with E-state index < -0.39 is 0 Å². The Hall–Kier alpha value is -2.51. The van der Waals surface area contributed by atoms with Gasteiger partial charge in [0.1, 0.15) is 0 Å². The number of aromatic nitrogens is 2. The summed E-state index contributed by atoms with van der Waals surface area (Å²) in [6.45, 7) is 11.6. The van der Waals surface area contributed by atoms with Gasteiger partial charge in [-0.15, -0.1) is 6.07 Å². The van der Waals surface area contributed by atoms with Gasteiger partial charge in [0.25, 0.3) is 0 Å². The van der Waals surface area contributed by atoms with Gasteiger partial charge in [-0.3, -0.25) is 4.68 Å². The molecule has 0 amide bonds. The van der Waals surface area contributed by atoms with E-state index in [0.717, 1.165) is 28.8 Å². The van der Waals surface area contributed by atoms with Crippen LogP contribution in [0.5, 0.6) is 5.75 Å². The summed E-state index contributed by atoms with van der Waals surface area (Å²) < 4.78 is 7.51. The van der Waals surface area contributed by atoms with E-state index in [9.17, 15) is 0 Å². The van der Waals surface area contributed by atoms with Crippen LogP contribution in [0.15, 0.2) is 12.3 Å². The van der Waals surface area contributed by atoms with Gasteiger partial charge < -0.3 is 4.74 Å². The van der Waals surface area contributed by atoms with Crippen LogP contribution in [0.25, 0.3) is 10.9 Å². The maximum Gasteiger partial charge on any atom is 0.0911 e. The van der Waals surface area contributed by atoms with Crippen LogP contribution < -0.4 is 4.74 Å². The molecule has 0 saturated heterocycles. The molecule has 0 saturated carbocycles. The third-order valence-corrected chi connectivity index (χ3v) is 2.46. The van der Waals surface area contributed by atoms with Crippen molar-refractivity contribution in [3.8, 4) is 5.75 Å². The van der Waals surface area contributed by atoms with Crippen LogP contribution in [-0.2, 0) is 6.54 Å². The molecule has 0 atom stereocenters. The number of hydrogen-bond acceptors (Lipinski definition) is 2. The molecule has 2 heterocycles. The van der Waals surface area contributed by atoms with Crippen molar-refractivity contribution in [2.45, 2.75) is 41.2 Å². The number of benzene rings is 1. The summed E-state index contributed by atoms with van der Waals surface area (Å²) in [5, 5.41) is 5.45. The molecule has 4 heteroatoms. The summed E-state index contributed by atoms with van der Waals surface area (Å²) in [5.41, 5.74) is 2.25. The molecule has 1 aromatic carbocycles. The van der Waals surface area contributed by atoms with E-state index in [1.165, 1.54) is 0 Å². The van der Waals surface area contributed by atoms with Gasteiger partial charge in [-0.25, -0.2) is 0 Å². The van der Waals surface area contributed by atoms with E-state index in [1.807, 2.05) is 51.6 Å². The zero-order valence-corrected chi connectivity index (χ0v) is 18.5. The zero-order chi connectivity index (χ0) is 12.8. The SMILES string of the molecule is CC.CC.Cc1[c-]cc2c3c1cnn3CCO2.[Rf]. The predicted molar refractivity (Wildman–Crippen MR) is 71.5 cm³/mol. The summed E-state index contributed by atoms with van der Waals surface area (Å²) in [5.74, 6) is 0.907. The van der Waals surface area contributed by atoms with Crippen molar-refractivity contribution >= 4 is 10.9 Å². The van der Waals surface area contributed by atoms with E-state index in [1.54, 1.807) is 0 Å². The Labute approximate surface area is 103 Å². The van der Waals surface area contributed by atoms with E-state index in [-0.39, 0.29) is 0 Å². The van der Waals surface area contributed by atoms with Crippen LogP contribution in [0, 0.1) is 13.0 Å². The van der Waals surface area contributed by atoms with Gasteiger partial charge in [-0.2, -0.15) is 16.7 Å². The van der Waals surface area contributed by atoms with E-state index in [0.29, 0.717) is 6.61 Å². The van der Waals surface area contributed by atoms with Crippen LogP contribution in [0.4, 0.5) is 0 Å². The molecule has 0 unspecified atom stereocenters. The maximum atomic E-state index is 5.52. The molecule has 96 valence electrons. The summed E-state index contributed by atoms with van der Waals surface area (Å²) in [6.07, 6.45) is 1.89. The first-order valence-corrected chi connectivity index (χ1v) is 6.36.